The van der Waals surface area contributed by atoms with Gasteiger partial charge in [-0.2, -0.15) is 0 Å². The summed E-state index contributed by atoms with van der Waals surface area (Å²) in [4.78, 5) is 16.6. The van der Waals surface area contributed by atoms with Crippen LogP contribution in [0, 0.1) is 0 Å². The van der Waals surface area contributed by atoms with Crippen molar-refractivity contribution >= 4 is 28.5 Å². The van der Waals surface area contributed by atoms with Gasteiger partial charge in [-0.1, -0.05) is 11.6 Å². The third-order valence-electron chi connectivity index (χ3n) is 4.02. The van der Waals surface area contributed by atoms with E-state index in [0.29, 0.717) is 33.9 Å². The number of carbonyl (C=O) groups is 1. The van der Waals surface area contributed by atoms with Crippen molar-refractivity contribution < 1.29 is 23.7 Å². The van der Waals surface area contributed by atoms with Crippen LogP contribution in [0.5, 0.6) is 17.2 Å². The third-order valence-corrected chi connectivity index (χ3v) is 4.35. The van der Waals surface area contributed by atoms with Crippen LogP contribution in [-0.2, 0) is 11.3 Å². The minimum Gasteiger partial charge on any atom is -0.497 e. The molecular formula is C19H14ClNO5. The lowest BCUT2D eigenvalue weighted by Gasteiger charge is -2.09. The molecule has 0 atom stereocenters. The predicted molar refractivity (Wildman–Crippen MR) is 95.0 cm³/mol. The van der Waals surface area contributed by atoms with E-state index in [0.717, 1.165) is 5.39 Å². The summed E-state index contributed by atoms with van der Waals surface area (Å²) in [5, 5.41) is 1.16. The second-order valence-corrected chi connectivity index (χ2v) is 6.00. The Morgan fingerprint density at radius 1 is 1.15 bits per heavy atom. The van der Waals surface area contributed by atoms with Gasteiger partial charge in [-0.25, -0.2) is 9.78 Å². The number of nitrogens with zero attached hydrogens (tertiary/aromatic N) is 1. The van der Waals surface area contributed by atoms with Gasteiger partial charge < -0.3 is 18.9 Å². The fourth-order valence-corrected chi connectivity index (χ4v) is 2.85. The highest BCUT2D eigenvalue weighted by atomic mass is 35.5. The van der Waals surface area contributed by atoms with E-state index in [4.69, 9.17) is 30.5 Å². The molecule has 26 heavy (non-hydrogen) atoms. The zero-order valence-corrected chi connectivity index (χ0v) is 14.6. The Labute approximate surface area is 154 Å². The van der Waals surface area contributed by atoms with Crippen molar-refractivity contribution in [2.75, 3.05) is 13.9 Å². The first kappa shape index (κ1) is 16.5. The average Bonchev–Trinajstić information content (AvgIpc) is 3.13. The zero-order valence-electron chi connectivity index (χ0n) is 13.8. The monoisotopic (exact) mass is 371 g/mol. The van der Waals surface area contributed by atoms with Crippen molar-refractivity contribution in [3.05, 3.63) is 58.7 Å². The van der Waals surface area contributed by atoms with Gasteiger partial charge in [0.05, 0.1) is 18.2 Å². The number of benzene rings is 2. The topological polar surface area (TPSA) is 66.9 Å². The van der Waals surface area contributed by atoms with Crippen molar-refractivity contribution in [3.8, 4) is 17.2 Å². The molecule has 0 saturated carbocycles. The van der Waals surface area contributed by atoms with Crippen LogP contribution in [0.2, 0.25) is 5.15 Å². The predicted octanol–water partition coefficient (Wildman–Crippen LogP) is 3.98. The molecule has 0 bridgehead atoms. The lowest BCUT2D eigenvalue weighted by Crippen LogP contribution is -2.06. The molecule has 2 heterocycles. The second kappa shape index (κ2) is 6.72. The van der Waals surface area contributed by atoms with E-state index in [-0.39, 0.29) is 18.6 Å². The van der Waals surface area contributed by atoms with Gasteiger partial charge in [0.1, 0.15) is 17.5 Å². The molecule has 0 fully saturated rings. The number of pyridine rings is 1. The average molecular weight is 372 g/mol. The van der Waals surface area contributed by atoms with E-state index < -0.39 is 5.97 Å². The van der Waals surface area contributed by atoms with Crippen LogP contribution in [0.25, 0.3) is 10.9 Å². The van der Waals surface area contributed by atoms with Crippen LogP contribution in [0.3, 0.4) is 0 Å². The summed E-state index contributed by atoms with van der Waals surface area (Å²) in [6.45, 7) is 0.165. The maximum absolute atomic E-state index is 12.3. The van der Waals surface area contributed by atoms with Gasteiger partial charge in [0, 0.05) is 17.0 Å². The quantitative estimate of drug-likeness (QED) is 0.510. The van der Waals surface area contributed by atoms with Gasteiger partial charge in [-0.05, 0) is 36.4 Å². The van der Waals surface area contributed by atoms with Gasteiger partial charge in [0.2, 0.25) is 6.79 Å². The van der Waals surface area contributed by atoms with Crippen molar-refractivity contribution in [3.63, 3.8) is 0 Å². The van der Waals surface area contributed by atoms with E-state index in [1.54, 1.807) is 31.4 Å². The molecule has 4 rings (SSSR count). The number of fused-ring (bicyclic) bond motifs is 2. The Kier molecular flexibility index (Phi) is 4.26. The van der Waals surface area contributed by atoms with Crippen LogP contribution in [-0.4, -0.2) is 24.9 Å². The summed E-state index contributed by atoms with van der Waals surface area (Å²) in [6, 6.07) is 12.2. The maximum Gasteiger partial charge on any atom is 0.338 e. The van der Waals surface area contributed by atoms with Crippen LogP contribution in [0.1, 0.15) is 15.9 Å². The largest absolute Gasteiger partial charge is 0.497 e. The van der Waals surface area contributed by atoms with Gasteiger partial charge in [0.25, 0.3) is 0 Å². The molecule has 1 aliphatic heterocycles. The minimum atomic E-state index is -0.478. The standard InChI is InChI=1S/C19H14ClNO5/c1-23-14-4-2-11-6-13(18(20)21-15(11)8-14)9-24-19(22)12-3-5-16-17(7-12)26-10-25-16/h2-8H,9-10H2,1H3. The molecule has 0 aliphatic carbocycles. The number of rotatable bonds is 4. The molecule has 0 unspecified atom stereocenters. The molecule has 3 aromatic rings. The zero-order chi connectivity index (χ0) is 18.1. The summed E-state index contributed by atoms with van der Waals surface area (Å²) in [6.07, 6.45) is 0. The van der Waals surface area contributed by atoms with E-state index in [2.05, 4.69) is 4.98 Å². The molecule has 1 aliphatic rings. The molecule has 0 saturated heterocycles. The number of hydrogen-bond donors (Lipinski definition) is 0. The lowest BCUT2D eigenvalue weighted by molar-refractivity contribution is 0.0472. The van der Waals surface area contributed by atoms with Crippen molar-refractivity contribution in [1.29, 1.82) is 0 Å². The van der Waals surface area contributed by atoms with E-state index in [1.807, 2.05) is 18.2 Å². The van der Waals surface area contributed by atoms with Crippen LogP contribution >= 0.6 is 11.6 Å². The molecule has 0 spiro atoms. The summed E-state index contributed by atoms with van der Waals surface area (Å²) >= 11 is 6.23. The van der Waals surface area contributed by atoms with Crippen molar-refractivity contribution in [1.82, 2.24) is 4.98 Å². The Bertz CT molecular complexity index is 1000. The molecule has 0 radical (unpaired) electrons. The minimum absolute atomic E-state index is 0.0150. The SMILES string of the molecule is COc1ccc2cc(COC(=O)c3ccc4c(c3)OCO4)c(Cl)nc2c1. The van der Waals surface area contributed by atoms with Crippen LogP contribution in [0.4, 0.5) is 0 Å². The fraction of sp³-hybridized carbons (Fsp3) is 0.158. The van der Waals surface area contributed by atoms with Gasteiger partial charge in [0.15, 0.2) is 11.5 Å². The van der Waals surface area contributed by atoms with E-state index in [1.165, 1.54) is 0 Å². The number of aromatic nitrogens is 1. The Hall–Kier alpha value is -2.99. The van der Waals surface area contributed by atoms with Crippen LogP contribution < -0.4 is 14.2 Å². The molecule has 2 aromatic carbocycles. The Morgan fingerprint density at radius 2 is 2.00 bits per heavy atom. The smallest absolute Gasteiger partial charge is 0.338 e. The van der Waals surface area contributed by atoms with Crippen LogP contribution in [0.15, 0.2) is 42.5 Å². The van der Waals surface area contributed by atoms with Crippen molar-refractivity contribution in [2.24, 2.45) is 0 Å². The highest BCUT2D eigenvalue weighted by molar-refractivity contribution is 6.30. The highest BCUT2D eigenvalue weighted by Crippen LogP contribution is 2.33. The number of ether oxygens (including phenoxy) is 4. The normalized spacial score (nSPS) is 12.2. The molecule has 132 valence electrons. The maximum atomic E-state index is 12.3. The molecule has 6 nitrogen and oxygen atoms in total. The molecule has 7 heteroatoms. The Morgan fingerprint density at radius 3 is 2.85 bits per heavy atom. The molecule has 1 aromatic heterocycles. The van der Waals surface area contributed by atoms with Crippen molar-refractivity contribution in [2.45, 2.75) is 6.61 Å². The summed E-state index contributed by atoms with van der Waals surface area (Å²) in [5.41, 5.74) is 1.71. The first-order valence-corrected chi connectivity index (χ1v) is 8.22. The third kappa shape index (κ3) is 3.11. The highest BCUT2D eigenvalue weighted by Gasteiger charge is 2.17. The number of methoxy groups -OCH3 is 1. The molecular weight excluding hydrogens is 358 g/mol. The number of esters is 1. The first-order valence-electron chi connectivity index (χ1n) is 7.84. The number of hydrogen-bond acceptors (Lipinski definition) is 6. The Balaban J connectivity index is 1.52. The molecule has 0 N–H and O–H groups in total. The van der Waals surface area contributed by atoms with Gasteiger partial charge >= 0.3 is 5.97 Å². The summed E-state index contributed by atoms with van der Waals surface area (Å²) < 4.78 is 21.0. The first-order chi connectivity index (χ1) is 12.6. The van der Waals surface area contributed by atoms with E-state index in [9.17, 15) is 4.79 Å². The summed E-state index contributed by atoms with van der Waals surface area (Å²) in [7, 11) is 1.59. The van der Waals surface area contributed by atoms with E-state index >= 15 is 0 Å². The van der Waals surface area contributed by atoms with Gasteiger partial charge in [-0.3, -0.25) is 0 Å². The number of carbonyl (C=O) groups excluding carboxylic acids is 1. The second-order valence-electron chi connectivity index (χ2n) is 5.64. The lowest BCUT2D eigenvalue weighted by atomic mass is 10.1. The van der Waals surface area contributed by atoms with Gasteiger partial charge in [-0.15, -0.1) is 0 Å². The molecule has 0 amide bonds. The number of halogens is 1. The fourth-order valence-electron chi connectivity index (χ4n) is 2.65. The summed E-state index contributed by atoms with van der Waals surface area (Å²) in [5.74, 6) is 1.36.